The van der Waals surface area contributed by atoms with Crippen LogP contribution in [-0.4, -0.2) is 25.4 Å². The first kappa shape index (κ1) is 12.0. The van der Waals surface area contributed by atoms with Gasteiger partial charge in [0, 0.05) is 12.0 Å². The highest BCUT2D eigenvalue weighted by atomic mass is 16.5. The molecule has 17 heavy (non-hydrogen) atoms. The summed E-state index contributed by atoms with van der Waals surface area (Å²) < 4.78 is 11.0. The Morgan fingerprint density at radius 3 is 3.06 bits per heavy atom. The second-order valence-corrected chi connectivity index (χ2v) is 3.85. The molecule has 1 heterocycles. The summed E-state index contributed by atoms with van der Waals surface area (Å²) in [4.78, 5) is 0. The Labute approximate surface area is 100 Å². The number of hydrogen-bond donors (Lipinski definition) is 2. The van der Waals surface area contributed by atoms with Crippen molar-refractivity contribution in [3.63, 3.8) is 0 Å². The van der Waals surface area contributed by atoms with Gasteiger partial charge in [-0.05, 0) is 25.1 Å². The fourth-order valence-corrected chi connectivity index (χ4v) is 1.75. The Hall–Kier alpha value is -1.52. The zero-order chi connectivity index (χ0) is 12.1. The van der Waals surface area contributed by atoms with Gasteiger partial charge in [-0.15, -0.1) is 0 Å². The minimum atomic E-state index is 0.209. The molecule has 0 unspecified atom stereocenters. The van der Waals surface area contributed by atoms with Crippen LogP contribution in [0, 0.1) is 0 Å². The molecular weight excluding hydrogens is 218 g/mol. The number of methoxy groups -OCH3 is 1. The van der Waals surface area contributed by atoms with Crippen LogP contribution in [0.4, 0.5) is 0 Å². The van der Waals surface area contributed by atoms with Crippen molar-refractivity contribution in [2.24, 2.45) is 0 Å². The largest absolute Gasteiger partial charge is 0.493 e. The molecule has 4 heteroatoms. The normalized spacial score (nSPS) is 10.9. The van der Waals surface area contributed by atoms with E-state index in [2.05, 4.69) is 5.32 Å². The first-order chi connectivity index (χ1) is 8.35. The van der Waals surface area contributed by atoms with Crippen molar-refractivity contribution in [2.75, 3.05) is 20.3 Å². The van der Waals surface area contributed by atoms with E-state index in [1.54, 1.807) is 7.11 Å². The predicted octanol–water partition coefficient (Wildman–Crippen LogP) is 1.91. The summed E-state index contributed by atoms with van der Waals surface area (Å²) in [6, 6.07) is 7.83. The molecule has 0 fully saturated rings. The van der Waals surface area contributed by atoms with Crippen molar-refractivity contribution in [1.29, 1.82) is 0 Å². The standard InChI is InChI=1S/C13H17NO3/c1-16-12-5-2-4-10-8-11(17-13(10)12)9-14-6-3-7-15/h2,4-5,8,14-15H,3,6-7,9H2,1H3. The molecule has 1 aromatic heterocycles. The Kier molecular flexibility index (Phi) is 4.01. The average Bonchev–Trinajstić information content (AvgIpc) is 2.77. The number of benzene rings is 1. The van der Waals surface area contributed by atoms with Gasteiger partial charge in [-0.3, -0.25) is 0 Å². The van der Waals surface area contributed by atoms with E-state index in [-0.39, 0.29) is 6.61 Å². The summed E-state index contributed by atoms with van der Waals surface area (Å²) >= 11 is 0. The molecule has 0 spiro atoms. The van der Waals surface area contributed by atoms with Gasteiger partial charge in [0.2, 0.25) is 0 Å². The maximum Gasteiger partial charge on any atom is 0.176 e. The SMILES string of the molecule is COc1cccc2cc(CNCCCO)oc12. The van der Waals surface area contributed by atoms with Gasteiger partial charge in [0.1, 0.15) is 5.76 Å². The highest BCUT2D eigenvalue weighted by Crippen LogP contribution is 2.28. The summed E-state index contributed by atoms with van der Waals surface area (Å²) in [6.45, 7) is 1.66. The number of hydrogen-bond acceptors (Lipinski definition) is 4. The van der Waals surface area contributed by atoms with E-state index in [0.29, 0.717) is 6.54 Å². The van der Waals surface area contributed by atoms with Crippen LogP contribution in [0.5, 0.6) is 5.75 Å². The van der Waals surface area contributed by atoms with E-state index in [9.17, 15) is 0 Å². The van der Waals surface area contributed by atoms with Gasteiger partial charge in [-0.25, -0.2) is 0 Å². The average molecular weight is 235 g/mol. The quantitative estimate of drug-likeness (QED) is 0.751. The molecule has 2 aromatic rings. The molecule has 0 radical (unpaired) electrons. The number of aliphatic hydroxyl groups excluding tert-OH is 1. The van der Waals surface area contributed by atoms with Crippen LogP contribution in [0.15, 0.2) is 28.7 Å². The van der Waals surface area contributed by atoms with Crippen molar-refractivity contribution >= 4 is 11.0 Å². The molecule has 0 aliphatic carbocycles. The molecule has 0 saturated heterocycles. The zero-order valence-electron chi connectivity index (χ0n) is 9.90. The van der Waals surface area contributed by atoms with Crippen molar-refractivity contribution in [3.8, 4) is 5.75 Å². The van der Waals surface area contributed by atoms with E-state index >= 15 is 0 Å². The molecule has 92 valence electrons. The molecule has 2 rings (SSSR count). The first-order valence-corrected chi connectivity index (χ1v) is 5.72. The predicted molar refractivity (Wildman–Crippen MR) is 66.2 cm³/mol. The van der Waals surface area contributed by atoms with Crippen molar-refractivity contribution in [3.05, 3.63) is 30.0 Å². The molecule has 0 aliphatic heterocycles. The van der Waals surface area contributed by atoms with Crippen LogP contribution in [0.3, 0.4) is 0 Å². The van der Waals surface area contributed by atoms with Gasteiger partial charge >= 0.3 is 0 Å². The van der Waals surface area contributed by atoms with E-state index < -0.39 is 0 Å². The zero-order valence-corrected chi connectivity index (χ0v) is 9.90. The maximum atomic E-state index is 8.67. The van der Waals surface area contributed by atoms with Crippen LogP contribution in [0.2, 0.25) is 0 Å². The number of aliphatic hydroxyl groups is 1. The van der Waals surface area contributed by atoms with Gasteiger partial charge in [0.25, 0.3) is 0 Å². The Morgan fingerprint density at radius 2 is 2.29 bits per heavy atom. The molecule has 0 amide bonds. The van der Waals surface area contributed by atoms with Gasteiger partial charge in [0.15, 0.2) is 11.3 Å². The summed E-state index contributed by atoms with van der Waals surface area (Å²) in [5.41, 5.74) is 0.786. The van der Waals surface area contributed by atoms with E-state index in [1.807, 2.05) is 24.3 Å². The molecule has 0 aliphatic rings. The lowest BCUT2D eigenvalue weighted by Gasteiger charge is -2.00. The van der Waals surface area contributed by atoms with Crippen LogP contribution in [0.1, 0.15) is 12.2 Å². The third-order valence-electron chi connectivity index (χ3n) is 2.59. The molecule has 0 saturated carbocycles. The Morgan fingerprint density at radius 1 is 1.41 bits per heavy atom. The van der Waals surface area contributed by atoms with Crippen LogP contribution >= 0.6 is 0 Å². The number of fused-ring (bicyclic) bond motifs is 1. The smallest absolute Gasteiger partial charge is 0.176 e. The van der Waals surface area contributed by atoms with Gasteiger partial charge < -0.3 is 19.6 Å². The van der Waals surface area contributed by atoms with Crippen molar-refractivity contribution in [2.45, 2.75) is 13.0 Å². The minimum Gasteiger partial charge on any atom is -0.493 e. The summed E-state index contributed by atoms with van der Waals surface area (Å²) in [5.74, 6) is 1.63. The lowest BCUT2D eigenvalue weighted by Crippen LogP contribution is -2.15. The number of ether oxygens (including phenoxy) is 1. The number of nitrogens with one attached hydrogen (secondary N) is 1. The molecular formula is C13H17NO3. The summed E-state index contributed by atoms with van der Waals surface area (Å²) in [5, 5.41) is 12.9. The van der Waals surface area contributed by atoms with Crippen LogP contribution in [-0.2, 0) is 6.54 Å². The third kappa shape index (κ3) is 2.78. The lowest BCUT2D eigenvalue weighted by molar-refractivity contribution is 0.285. The molecule has 4 nitrogen and oxygen atoms in total. The Balaban J connectivity index is 2.09. The molecule has 0 bridgehead atoms. The van der Waals surface area contributed by atoms with E-state index in [0.717, 1.165) is 35.4 Å². The summed E-state index contributed by atoms with van der Waals surface area (Å²) in [6.07, 6.45) is 0.754. The first-order valence-electron chi connectivity index (χ1n) is 5.72. The number of furan rings is 1. The summed E-state index contributed by atoms with van der Waals surface area (Å²) in [7, 11) is 1.64. The topological polar surface area (TPSA) is 54.6 Å². The highest BCUT2D eigenvalue weighted by Gasteiger charge is 2.07. The molecule has 0 atom stereocenters. The van der Waals surface area contributed by atoms with Gasteiger partial charge in [0.05, 0.1) is 13.7 Å². The maximum absolute atomic E-state index is 8.67. The van der Waals surface area contributed by atoms with Crippen LogP contribution in [0.25, 0.3) is 11.0 Å². The Bertz CT molecular complexity index is 478. The minimum absolute atomic E-state index is 0.209. The van der Waals surface area contributed by atoms with Crippen LogP contribution < -0.4 is 10.1 Å². The lowest BCUT2D eigenvalue weighted by atomic mass is 10.2. The van der Waals surface area contributed by atoms with Crippen molar-refractivity contribution < 1.29 is 14.3 Å². The van der Waals surface area contributed by atoms with Crippen molar-refractivity contribution in [1.82, 2.24) is 5.32 Å². The number of para-hydroxylation sites is 1. The third-order valence-corrected chi connectivity index (χ3v) is 2.59. The van der Waals surface area contributed by atoms with Gasteiger partial charge in [-0.2, -0.15) is 0 Å². The van der Waals surface area contributed by atoms with E-state index in [1.165, 1.54) is 0 Å². The monoisotopic (exact) mass is 235 g/mol. The van der Waals surface area contributed by atoms with E-state index in [4.69, 9.17) is 14.3 Å². The highest BCUT2D eigenvalue weighted by molar-refractivity contribution is 5.83. The fraction of sp³-hybridized carbons (Fsp3) is 0.385. The number of rotatable bonds is 6. The molecule has 1 aromatic carbocycles. The second kappa shape index (κ2) is 5.70. The second-order valence-electron chi connectivity index (χ2n) is 3.85. The fourth-order valence-electron chi connectivity index (χ4n) is 1.75. The van der Waals surface area contributed by atoms with Gasteiger partial charge in [-0.1, -0.05) is 12.1 Å². The molecule has 2 N–H and O–H groups in total.